The van der Waals surface area contributed by atoms with Gasteiger partial charge < -0.3 is 10.2 Å². The summed E-state index contributed by atoms with van der Waals surface area (Å²) < 4.78 is 0. The molecule has 1 aromatic heterocycles. The minimum Gasteiger partial charge on any atom is -0.355 e. The van der Waals surface area contributed by atoms with Crippen molar-refractivity contribution in [3.63, 3.8) is 0 Å². The molecule has 0 bridgehead atoms. The Balaban J connectivity index is 1.79. The number of hydrogen-bond acceptors (Lipinski definition) is 5. The van der Waals surface area contributed by atoms with Crippen molar-refractivity contribution in [1.82, 2.24) is 15.2 Å². The van der Waals surface area contributed by atoms with Crippen LogP contribution in [0.5, 0.6) is 0 Å². The molecule has 1 unspecified atom stereocenters. The van der Waals surface area contributed by atoms with Crippen LogP contribution < -0.4 is 10.2 Å². The Bertz CT molecular complexity index is 655. The molecule has 1 aromatic carbocycles. The molecule has 5 nitrogen and oxygen atoms in total. The van der Waals surface area contributed by atoms with Gasteiger partial charge in [0, 0.05) is 18.8 Å². The van der Waals surface area contributed by atoms with E-state index in [2.05, 4.69) is 64.4 Å². The molecule has 3 rings (SSSR count). The van der Waals surface area contributed by atoms with Crippen LogP contribution in [0.4, 0.5) is 17.5 Å². The van der Waals surface area contributed by atoms with Crippen molar-refractivity contribution in [3.05, 3.63) is 35.5 Å². The summed E-state index contributed by atoms with van der Waals surface area (Å²) in [4.78, 5) is 6.93. The molecule has 0 spiro atoms. The summed E-state index contributed by atoms with van der Waals surface area (Å²) in [7, 11) is 0. The second-order valence-electron chi connectivity index (χ2n) is 6.27. The van der Waals surface area contributed by atoms with Crippen molar-refractivity contribution in [1.29, 1.82) is 0 Å². The third kappa shape index (κ3) is 3.35. The first-order chi connectivity index (χ1) is 10.6. The molecule has 1 aliphatic rings. The van der Waals surface area contributed by atoms with Crippen molar-refractivity contribution >= 4 is 17.5 Å². The average molecular weight is 297 g/mol. The number of nitrogens with one attached hydrogen (secondary N) is 1. The van der Waals surface area contributed by atoms with Crippen molar-refractivity contribution < 1.29 is 0 Å². The van der Waals surface area contributed by atoms with E-state index in [0.29, 0.717) is 11.9 Å². The fourth-order valence-electron chi connectivity index (χ4n) is 2.97. The highest BCUT2D eigenvalue weighted by Crippen LogP contribution is 2.23. The van der Waals surface area contributed by atoms with Crippen molar-refractivity contribution in [2.24, 2.45) is 5.92 Å². The van der Waals surface area contributed by atoms with E-state index in [1.54, 1.807) is 6.20 Å². The molecule has 22 heavy (non-hydrogen) atoms. The lowest BCUT2D eigenvalue weighted by Crippen LogP contribution is -2.35. The molecule has 0 aliphatic carbocycles. The van der Waals surface area contributed by atoms with Gasteiger partial charge in [-0.15, -0.1) is 5.10 Å². The van der Waals surface area contributed by atoms with Gasteiger partial charge in [0.05, 0.1) is 6.20 Å². The van der Waals surface area contributed by atoms with Crippen LogP contribution in [-0.4, -0.2) is 28.3 Å². The van der Waals surface area contributed by atoms with Gasteiger partial charge in [-0.05, 0) is 44.2 Å². The van der Waals surface area contributed by atoms with Crippen LogP contribution in [-0.2, 0) is 0 Å². The Hall–Kier alpha value is -2.17. The summed E-state index contributed by atoms with van der Waals surface area (Å²) in [6.07, 6.45) is 4.26. The maximum atomic E-state index is 4.63. The summed E-state index contributed by atoms with van der Waals surface area (Å²) in [5, 5.41) is 11.5. The lowest BCUT2D eigenvalue weighted by atomic mass is 10.0. The van der Waals surface area contributed by atoms with Gasteiger partial charge in [-0.3, -0.25) is 0 Å². The standard InChI is InChI=1S/C17H23N5/c1-12-6-7-15(14(3)9-12)19-17-20-16(10-18-21-17)22-8-4-5-13(2)11-22/h6-7,9-10,13H,4-5,8,11H2,1-3H3,(H,19,20,21). The smallest absolute Gasteiger partial charge is 0.249 e. The third-order valence-corrected chi connectivity index (χ3v) is 4.16. The predicted octanol–water partition coefficient (Wildman–Crippen LogP) is 3.47. The number of anilines is 3. The number of hydrogen-bond donors (Lipinski definition) is 1. The van der Waals surface area contributed by atoms with Crippen LogP contribution in [0.1, 0.15) is 30.9 Å². The van der Waals surface area contributed by atoms with Crippen molar-refractivity contribution in [2.75, 3.05) is 23.3 Å². The summed E-state index contributed by atoms with van der Waals surface area (Å²) in [6, 6.07) is 6.29. The zero-order valence-corrected chi connectivity index (χ0v) is 13.5. The lowest BCUT2D eigenvalue weighted by molar-refractivity contribution is 0.444. The van der Waals surface area contributed by atoms with Crippen LogP contribution in [0.25, 0.3) is 0 Å². The zero-order valence-electron chi connectivity index (χ0n) is 13.5. The van der Waals surface area contributed by atoms with Crippen LogP contribution in [0, 0.1) is 19.8 Å². The maximum absolute atomic E-state index is 4.63. The fraction of sp³-hybridized carbons (Fsp3) is 0.471. The normalized spacial score (nSPS) is 18.3. The molecule has 0 amide bonds. The average Bonchev–Trinajstić information content (AvgIpc) is 2.50. The number of rotatable bonds is 3. The molecule has 0 saturated carbocycles. The minimum absolute atomic E-state index is 0.558. The summed E-state index contributed by atoms with van der Waals surface area (Å²) >= 11 is 0. The molecule has 1 saturated heterocycles. The molecule has 5 heteroatoms. The highest BCUT2D eigenvalue weighted by atomic mass is 15.3. The Morgan fingerprint density at radius 1 is 1.27 bits per heavy atom. The Labute approximate surface area is 131 Å². The monoisotopic (exact) mass is 297 g/mol. The lowest BCUT2D eigenvalue weighted by Gasteiger charge is -2.31. The van der Waals surface area contributed by atoms with Gasteiger partial charge in [0.2, 0.25) is 5.95 Å². The predicted molar refractivity (Wildman–Crippen MR) is 89.6 cm³/mol. The van der Waals surface area contributed by atoms with Gasteiger partial charge >= 0.3 is 0 Å². The maximum Gasteiger partial charge on any atom is 0.249 e. The van der Waals surface area contributed by atoms with Crippen LogP contribution in [0.15, 0.2) is 24.4 Å². The van der Waals surface area contributed by atoms with Gasteiger partial charge in [0.25, 0.3) is 0 Å². The Morgan fingerprint density at radius 2 is 2.14 bits per heavy atom. The van der Waals surface area contributed by atoms with Crippen LogP contribution >= 0.6 is 0 Å². The zero-order chi connectivity index (χ0) is 15.5. The van der Waals surface area contributed by atoms with Gasteiger partial charge in [0.1, 0.15) is 0 Å². The minimum atomic E-state index is 0.558. The van der Waals surface area contributed by atoms with Crippen molar-refractivity contribution in [2.45, 2.75) is 33.6 Å². The summed E-state index contributed by atoms with van der Waals surface area (Å²) in [5.41, 5.74) is 3.45. The first-order valence-corrected chi connectivity index (χ1v) is 7.91. The van der Waals surface area contributed by atoms with E-state index in [9.17, 15) is 0 Å². The number of nitrogens with zero attached hydrogens (tertiary/aromatic N) is 4. The van der Waals surface area contributed by atoms with Gasteiger partial charge in [-0.25, -0.2) is 0 Å². The number of benzene rings is 1. The molecular formula is C17H23N5. The van der Waals surface area contributed by atoms with Crippen molar-refractivity contribution in [3.8, 4) is 0 Å². The van der Waals surface area contributed by atoms with E-state index >= 15 is 0 Å². The second kappa shape index (κ2) is 6.30. The largest absolute Gasteiger partial charge is 0.355 e. The number of aromatic nitrogens is 3. The topological polar surface area (TPSA) is 53.9 Å². The highest BCUT2D eigenvalue weighted by Gasteiger charge is 2.18. The van der Waals surface area contributed by atoms with Gasteiger partial charge in [-0.2, -0.15) is 10.1 Å². The first kappa shape index (κ1) is 14.8. The van der Waals surface area contributed by atoms with E-state index in [0.717, 1.165) is 24.6 Å². The summed E-state index contributed by atoms with van der Waals surface area (Å²) in [5.74, 6) is 2.18. The van der Waals surface area contributed by atoms with E-state index in [1.165, 1.54) is 24.0 Å². The molecule has 1 N–H and O–H groups in total. The third-order valence-electron chi connectivity index (χ3n) is 4.16. The molecule has 1 atom stereocenters. The van der Waals surface area contributed by atoms with E-state index < -0.39 is 0 Å². The van der Waals surface area contributed by atoms with Crippen LogP contribution in [0.2, 0.25) is 0 Å². The SMILES string of the molecule is Cc1ccc(Nc2nncc(N3CCCC(C)C3)n2)c(C)c1. The Kier molecular flexibility index (Phi) is 4.22. The van der Waals surface area contributed by atoms with Crippen LogP contribution in [0.3, 0.4) is 0 Å². The molecule has 116 valence electrons. The summed E-state index contributed by atoms with van der Waals surface area (Å²) in [6.45, 7) is 8.55. The van der Waals surface area contributed by atoms with E-state index in [-0.39, 0.29) is 0 Å². The Morgan fingerprint density at radius 3 is 2.91 bits per heavy atom. The van der Waals surface area contributed by atoms with E-state index in [4.69, 9.17) is 0 Å². The second-order valence-corrected chi connectivity index (χ2v) is 6.27. The molecule has 0 radical (unpaired) electrons. The van der Waals surface area contributed by atoms with Gasteiger partial charge in [-0.1, -0.05) is 24.6 Å². The molecule has 1 aliphatic heterocycles. The number of aryl methyl sites for hydroxylation is 2. The molecule has 1 fully saturated rings. The quantitative estimate of drug-likeness (QED) is 0.940. The molecular weight excluding hydrogens is 274 g/mol. The van der Waals surface area contributed by atoms with E-state index in [1.807, 2.05) is 0 Å². The highest BCUT2D eigenvalue weighted by molar-refractivity contribution is 5.59. The first-order valence-electron chi connectivity index (χ1n) is 7.91. The molecule has 2 aromatic rings. The number of piperidine rings is 1. The fourth-order valence-corrected chi connectivity index (χ4v) is 2.97. The molecule has 2 heterocycles. The van der Waals surface area contributed by atoms with Gasteiger partial charge in [0.15, 0.2) is 5.82 Å².